The molecule has 0 spiro atoms. The quantitative estimate of drug-likeness (QED) is 0.823. The standard InChI is InChI=1S/C14H22FNO/c1-10-5-12(8-13(15)6-10)14(16-3)7-11(2)9-17-4/h5-6,8,11,14,16H,7,9H2,1-4H3. The highest BCUT2D eigenvalue weighted by atomic mass is 19.1. The van der Waals surface area contributed by atoms with Crippen molar-refractivity contribution in [2.75, 3.05) is 20.8 Å². The number of halogens is 1. The van der Waals surface area contributed by atoms with Crippen LogP contribution in [0.25, 0.3) is 0 Å². The van der Waals surface area contributed by atoms with E-state index < -0.39 is 0 Å². The van der Waals surface area contributed by atoms with Crippen molar-refractivity contribution in [2.45, 2.75) is 26.3 Å². The maximum absolute atomic E-state index is 13.4. The van der Waals surface area contributed by atoms with Crippen molar-refractivity contribution in [2.24, 2.45) is 5.92 Å². The maximum atomic E-state index is 13.4. The number of nitrogens with one attached hydrogen (secondary N) is 1. The monoisotopic (exact) mass is 239 g/mol. The molecule has 0 fully saturated rings. The highest BCUT2D eigenvalue weighted by molar-refractivity contribution is 5.26. The van der Waals surface area contributed by atoms with Gasteiger partial charge in [0, 0.05) is 19.8 Å². The molecule has 1 aromatic carbocycles. The number of methoxy groups -OCH3 is 1. The zero-order valence-corrected chi connectivity index (χ0v) is 11.1. The minimum Gasteiger partial charge on any atom is -0.384 e. The van der Waals surface area contributed by atoms with Crippen molar-refractivity contribution in [1.82, 2.24) is 5.32 Å². The Bertz CT molecular complexity index is 334. The number of aryl methyl sites for hydroxylation is 1. The van der Waals surface area contributed by atoms with Crippen LogP contribution in [0.5, 0.6) is 0 Å². The van der Waals surface area contributed by atoms with E-state index in [-0.39, 0.29) is 11.9 Å². The second kappa shape index (κ2) is 6.72. The van der Waals surface area contributed by atoms with Crippen LogP contribution in [0.1, 0.15) is 30.5 Å². The van der Waals surface area contributed by atoms with Gasteiger partial charge in [-0.2, -0.15) is 0 Å². The number of benzene rings is 1. The molecule has 17 heavy (non-hydrogen) atoms. The van der Waals surface area contributed by atoms with Crippen LogP contribution in [0.3, 0.4) is 0 Å². The summed E-state index contributed by atoms with van der Waals surface area (Å²) in [5, 5.41) is 3.24. The Labute approximate surface area is 103 Å². The van der Waals surface area contributed by atoms with E-state index in [0.29, 0.717) is 5.92 Å². The molecule has 0 aliphatic rings. The van der Waals surface area contributed by atoms with E-state index in [1.165, 1.54) is 0 Å². The second-order valence-electron chi connectivity index (χ2n) is 4.70. The maximum Gasteiger partial charge on any atom is 0.123 e. The van der Waals surface area contributed by atoms with Crippen molar-refractivity contribution in [3.05, 3.63) is 35.1 Å². The van der Waals surface area contributed by atoms with Crippen LogP contribution < -0.4 is 5.32 Å². The third-order valence-electron chi connectivity index (χ3n) is 2.90. The van der Waals surface area contributed by atoms with E-state index in [1.54, 1.807) is 19.2 Å². The van der Waals surface area contributed by atoms with Crippen molar-refractivity contribution in [3.63, 3.8) is 0 Å². The van der Waals surface area contributed by atoms with Crippen molar-refractivity contribution >= 4 is 0 Å². The van der Waals surface area contributed by atoms with Gasteiger partial charge in [-0.3, -0.25) is 0 Å². The number of ether oxygens (including phenoxy) is 1. The van der Waals surface area contributed by atoms with E-state index in [9.17, 15) is 4.39 Å². The Balaban J connectivity index is 2.78. The summed E-state index contributed by atoms with van der Waals surface area (Å²) in [5.74, 6) is 0.278. The van der Waals surface area contributed by atoms with Gasteiger partial charge in [0.15, 0.2) is 0 Å². The summed E-state index contributed by atoms with van der Waals surface area (Å²) in [6, 6.07) is 5.36. The lowest BCUT2D eigenvalue weighted by Crippen LogP contribution is -2.21. The molecule has 0 bridgehead atoms. The summed E-state index contributed by atoms with van der Waals surface area (Å²) in [6.45, 7) is 4.78. The number of hydrogen-bond donors (Lipinski definition) is 1. The summed E-state index contributed by atoms with van der Waals surface area (Å²) in [7, 11) is 3.61. The van der Waals surface area contributed by atoms with Gasteiger partial charge in [-0.15, -0.1) is 0 Å². The molecule has 2 nitrogen and oxygen atoms in total. The van der Waals surface area contributed by atoms with Gasteiger partial charge in [0.1, 0.15) is 5.82 Å². The van der Waals surface area contributed by atoms with Crippen LogP contribution in [-0.4, -0.2) is 20.8 Å². The summed E-state index contributed by atoms with van der Waals surface area (Å²) >= 11 is 0. The zero-order chi connectivity index (χ0) is 12.8. The molecular weight excluding hydrogens is 217 g/mol. The molecule has 0 heterocycles. The summed E-state index contributed by atoms with van der Waals surface area (Å²) < 4.78 is 18.5. The number of hydrogen-bond acceptors (Lipinski definition) is 2. The van der Waals surface area contributed by atoms with Crippen LogP contribution in [-0.2, 0) is 4.74 Å². The Kier molecular flexibility index (Phi) is 5.59. The second-order valence-corrected chi connectivity index (χ2v) is 4.70. The van der Waals surface area contributed by atoms with E-state index in [1.807, 2.05) is 20.0 Å². The van der Waals surface area contributed by atoms with Gasteiger partial charge in [0.2, 0.25) is 0 Å². The van der Waals surface area contributed by atoms with Gasteiger partial charge < -0.3 is 10.1 Å². The Hall–Kier alpha value is -0.930. The van der Waals surface area contributed by atoms with Crippen molar-refractivity contribution in [1.29, 1.82) is 0 Å². The van der Waals surface area contributed by atoms with Crippen LogP contribution >= 0.6 is 0 Å². The van der Waals surface area contributed by atoms with Gasteiger partial charge >= 0.3 is 0 Å². The normalized spacial score (nSPS) is 14.6. The molecular formula is C14H22FNO. The first-order valence-electron chi connectivity index (χ1n) is 6.00. The minimum atomic E-state index is -0.167. The minimum absolute atomic E-state index is 0.167. The molecule has 1 rings (SSSR count). The smallest absolute Gasteiger partial charge is 0.123 e. The van der Waals surface area contributed by atoms with E-state index in [0.717, 1.165) is 24.2 Å². The number of rotatable bonds is 6. The Morgan fingerprint density at radius 3 is 2.59 bits per heavy atom. The lowest BCUT2D eigenvalue weighted by atomic mass is 9.95. The zero-order valence-electron chi connectivity index (χ0n) is 11.1. The van der Waals surface area contributed by atoms with Gasteiger partial charge in [-0.05, 0) is 49.6 Å². The third-order valence-corrected chi connectivity index (χ3v) is 2.90. The highest BCUT2D eigenvalue weighted by Gasteiger charge is 2.14. The first-order valence-corrected chi connectivity index (χ1v) is 6.00. The first kappa shape index (κ1) is 14.1. The molecule has 0 radical (unpaired) electrons. The Morgan fingerprint density at radius 1 is 1.35 bits per heavy atom. The summed E-state index contributed by atoms with van der Waals surface area (Å²) in [4.78, 5) is 0. The molecule has 1 aromatic rings. The molecule has 0 aliphatic carbocycles. The molecule has 2 atom stereocenters. The summed E-state index contributed by atoms with van der Waals surface area (Å²) in [5.41, 5.74) is 1.97. The average molecular weight is 239 g/mol. The van der Waals surface area contributed by atoms with Crippen LogP contribution in [0.15, 0.2) is 18.2 Å². The highest BCUT2D eigenvalue weighted by Crippen LogP contribution is 2.23. The molecule has 2 unspecified atom stereocenters. The predicted molar refractivity (Wildman–Crippen MR) is 68.6 cm³/mol. The third kappa shape index (κ3) is 4.44. The van der Waals surface area contributed by atoms with Gasteiger partial charge in [-0.1, -0.05) is 13.0 Å². The van der Waals surface area contributed by atoms with E-state index in [4.69, 9.17) is 4.74 Å². The molecule has 3 heteroatoms. The van der Waals surface area contributed by atoms with Crippen molar-refractivity contribution in [3.8, 4) is 0 Å². The van der Waals surface area contributed by atoms with E-state index in [2.05, 4.69) is 12.2 Å². The summed E-state index contributed by atoms with van der Waals surface area (Å²) in [6.07, 6.45) is 0.938. The van der Waals surface area contributed by atoms with Crippen molar-refractivity contribution < 1.29 is 9.13 Å². The fourth-order valence-corrected chi connectivity index (χ4v) is 2.14. The molecule has 0 amide bonds. The van der Waals surface area contributed by atoms with Gasteiger partial charge in [0.25, 0.3) is 0 Å². The lowest BCUT2D eigenvalue weighted by molar-refractivity contribution is 0.150. The predicted octanol–water partition coefficient (Wildman–Crippen LogP) is 3.07. The average Bonchev–Trinajstić information content (AvgIpc) is 2.24. The van der Waals surface area contributed by atoms with E-state index >= 15 is 0 Å². The van der Waals surface area contributed by atoms with Crippen LogP contribution in [0.2, 0.25) is 0 Å². The largest absolute Gasteiger partial charge is 0.384 e. The fraction of sp³-hybridized carbons (Fsp3) is 0.571. The SMILES string of the molecule is CNC(CC(C)COC)c1cc(C)cc(F)c1. The molecule has 0 saturated carbocycles. The lowest BCUT2D eigenvalue weighted by Gasteiger charge is -2.21. The van der Waals surface area contributed by atoms with Gasteiger partial charge in [0.05, 0.1) is 0 Å². The molecule has 0 aliphatic heterocycles. The van der Waals surface area contributed by atoms with Gasteiger partial charge in [-0.25, -0.2) is 4.39 Å². The molecule has 1 N–H and O–H groups in total. The molecule has 0 saturated heterocycles. The topological polar surface area (TPSA) is 21.3 Å². The fourth-order valence-electron chi connectivity index (χ4n) is 2.14. The van der Waals surface area contributed by atoms with Crippen LogP contribution in [0, 0.1) is 18.7 Å². The first-order chi connectivity index (χ1) is 8.06. The molecule has 96 valence electrons. The Morgan fingerprint density at radius 2 is 2.06 bits per heavy atom. The van der Waals surface area contributed by atoms with Crippen LogP contribution in [0.4, 0.5) is 4.39 Å². The molecule has 0 aromatic heterocycles.